The average molecular weight is 348 g/mol. The minimum Gasteiger partial charge on any atom is -0.496 e. The summed E-state index contributed by atoms with van der Waals surface area (Å²) in [5.74, 6) is 1.83. The molecule has 1 aliphatic rings. The largest absolute Gasteiger partial charge is 0.496 e. The zero-order valence-corrected chi connectivity index (χ0v) is 13.5. The Bertz CT molecular complexity index is 657. The molecule has 4 heteroatoms. The number of halogens is 1. The van der Waals surface area contributed by atoms with E-state index in [1.54, 1.807) is 7.11 Å². The Morgan fingerprint density at radius 2 is 2.14 bits per heavy atom. The van der Waals surface area contributed by atoms with E-state index in [4.69, 9.17) is 15.2 Å². The van der Waals surface area contributed by atoms with Crippen LogP contribution in [0.3, 0.4) is 0 Å². The smallest absolute Gasteiger partial charge is 0.127 e. The van der Waals surface area contributed by atoms with Crippen LogP contribution in [0.4, 0.5) is 0 Å². The van der Waals surface area contributed by atoms with Crippen molar-refractivity contribution in [3.63, 3.8) is 0 Å². The molecule has 3 rings (SSSR count). The molecular formula is C17H18BrNO2. The van der Waals surface area contributed by atoms with E-state index in [0.717, 1.165) is 46.5 Å². The molecule has 2 N–H and O–H groups in total. The summed E-state index contributed by atoms with van der Waals surface area (Å²) in [5.41, 5.74) is 9.84. The number of fused-ring (bicyclic) bond motifs is 1. The Hall–Kier alpha value is -1.52. The van der Waals surface area contributed by atoms with Gasteiger partial charge in [-0.15, -0.1) is 0 Å². The maximum atomic E-state index is 6.44. The molecule has 0 bridgehead atoms. The van der Waals surface area contributed by atoms with Crippen LogP contribution in [0.15, 0.2) is 40.9 Å². The summed E-state index contributed by atoms with van der Waals surface area (Å²) in [6, 6.07) is 12.0. The minimum absolute atomic E-state index is 0.120. The highest BCUT2D eigenvalue weighted by atomic mass is 79.9. The second-order valence-electron chi connectivity index (χ2n) is 5.20. The average Bonchev–Trinajstić information content (AvgIpc) is 2.94. The van der Waals surface area contributed by atoms with Crippen LogP contribution < -0.4 is 15.2 Å². The Balaban J connectivity index is 1.91. The second kappa shape index (κ2) is 6.08. The number of para-hydroxylation sites is 1. The molecule has 0 aromatic heterocycles. The van der Waals surface area contributed by atoms with Gasteiger partial charge in [0, 0.05) is 22.5 Å². The summed E-state index contributed by atoms with van der Waals surface area (Å²) in [6.07, 6.45) is 1.67. The zero-order valence-electron chi connectivity index (χ0n) is 11.9. The Morgan fingerprint density at radius 3 is 2.95 bits per heavy atom. The molecule has 0 saturated heterocycles. The van der Waals surface area contributed by atoms with E-state index in [1.807, 2.05) is 18.2 Å². The fourth-order valence-corrected chi connectivity index (χ4v) is 3.31. The van der Waals surface area contributed by atoms with Crippen molar-refractivity contribution in [2.75, 3.05) is 13.7 Å². The quantitative estimate of drug-likeness (QED) is 0.918. The Morgan fingerprint density at radius 1 is 1.33 bits per heavy atom. The van der Waals surface area contributed by atoms with Crippen LogP contribution in [0.5, 0.6) is 11.5 Å². The molecule has 0 radical (unpaired) electrons. The lowest BCUT2D eigenvalue weighted by Gasteiger charge is -2.17. The second-order valence-corrected chi connectivity index (χ2v) is 6.12. The van der Waals surface area contributed by atoms with Gasteiger partial charge in [0.15, 0.2) is 0 Å². The summed E-state index contributed by atoms with van der Waals surface area (Å²) in [4.78, 5) is 0. The lowest BCUT2D eigenvalue weighted by molar-refractivity contribution is 0.350. The van der Waals surface area contributed by atoms with Gasteiger partial charge in [-0.2, -0.15) is 0 Å². The van der Waals surface area contributed by atoms with Crippen molar-refractivity contribution >= 4 is 15.9 Å². The molecule has 2 aromatic rings. The monoisotopic (exact) mass is 347 g/mol. The zero-order chi connectivity index (χ0) is 14.8. The first-order valence-corrected chi connectivity index (χ1v) is 7.81. The third-order valence-electron chi connectivity index (χ3n) is 3.81. The highest BCUT2D eigenvalue weighted by Gasteiger charge is 2.22. The summed E-state index contributed by atoms with van der Waals surface area (Å²) < 4.78 is 12.2. The number of rotatable bonds is 4. The van der Waals surface area contributed by atoms with Gasteiger partial charge >= 0.3 is 0 Å². The fraction of sp³-hybridized carbons (Fsp3) is 0.294. The van der Waals surface area contributed by atoms with Crippen LogP contribution in [0.1, 0.15) is 22.7 Å². The molecule has 0 spiro atoms. The number of methoxy groups -OCH3 is 1. The van der Waals surface area contributed by atoms with Gasteiger partial charge in [-0.3, -0.25) is 0 Å². The molecule has 1 unspecified atom stereocenters. The highest BCUT2D eigenvalue weighted by molar-refractivity contribution is 9.10. The Labute approximate surface area is 133 Å². The molecule has 0 amide bonds. The number of nitrogens with two attached hydrogens (primary N) is 1. The molecule has 1 atom stereocenters. The van der Waals surface area contributed by atoms with Crippen molar-refractivity contribution in [3.05, 3.63) is 57.6 Å². The van der Waals surface area contributed by atoms with Crippen LogP contribution in [-0.2, 0) is 12.8 Å². The van der Waals surface area contributed by atoms with Gasteiger partial charge in [0.25, 0.3) is 0 Å². The molecule has 0 saturated carbocycles. The molecular weight excluding hydrogens is 330 g/mol. The predicted octanol–water partition coefficient (Wildman–Crippen LogP) is 3.64. The van der Waals surface area contributed by atoms with E-state index in [0.29, 0.717) is 0 Å². The molecule has 0 fully saturated rings. The summed E-state index contributed by atoms with van der Waals surface area (Å²) in [5, 5.41) is 0. The van der Waals surface area contributed by atoms with Crippen molar-refractivity contribution in [1.82, 2.24) is 0 Å². The van der Waals surface area contributed by atoms with Crippen LogP contribution in [0, 0.1) is 0 Å². The van der Waals surface area contributed by atoms with Gasteiger partial charge in [-0.05, 0) is 35.7 Å². The third kappa shape index (κ3) is 2.92. The van der Waals surface area contributed by atoms with Crippen LogP contribution >= 0.6 is 15.9 Å². The van der Waals surface area contributed by atoms with Crippen molar-refractivity contribution in [1.29, 1.82) is 0 Å². The van der Waals surface area contributed by atoms with Gasteiger partial charge in [-0.25, -0.2) is 0 Å². The molecule has 21 heavy (non-hydrogen) atoms. The minimum atomic E-state index is -0.120. The summed E-state index contributed by atoms with van der Waals surface area (Å²) in [6.45, 7) is 0.736. The van der Waals surface area contributed by atoms with Gasteiger partial charge < -0.3 is 15.2 Å². The van der Waals surface area contributed by atoms with Crippen molar-refractivity contribution in [2.24, 2.45) is 5.73 Å². The van der Waals surface area contributed by atoms with E-state index in [9.17, 15) is 0 Å². The third-order valence-corrected chi connectivity index (χ3v) is 4.27. The highest BCUT2D eigenvalue weighted by Crippen LogP contribution is 2.37. The first kappa shape index (κ1) is 14.4. The molecule has 1 aliphatic heterocycles. The first-order chi connectivity index (χ1) is 10.2. The van der Waals surface area contributed by atoms with E-state index < -0.39 is 0 Å². The summed E-state index contributed by atoms with van der Waals surface area (Å²) >= 11 is 3.56. The molecule has 110 valence electrons. The number of benzene rings is 2. The van der Waals surface area contributed by atoms with Gasteiger partial charge in [0.1, 0.15) is 11.5 Å². The van der Waals surface area contributed by atoms with Crippen molar-refractivity contribution < 1.29 is 9.47 Å². The van der Waals surface area contributed by atoms with Gasteiger partial charge in [0.05, 0.1) is 13.7 Å². The molecule has 1 heterocycles. The van der Waals surface area contributed by atoms with Crippen LogP contribution in [0.2, 0.25) is 0 Å². The van der Waals surface area contributed by atoms with Crippen molar-refractivity contribution in [3.8, 4) is 11.5 Å². The fourth-order valence-electron chi connectivity index (χ4n) is 2.79. The number of hydrogen-bond acceptors (Lipinski definition) is 3. The standard InChI is InChI=1S/C17H18BrNO2/c1-20-16-5-3-2-4-11(16)9-15(19)14-10-13(18)8-12-6-7-21-17(12)14/h2-5,8,10,15H,6-7,9,19H2,1H3. The van der Waals surface area contributed by atoms with Crippen molar-refractivity contribution in [2.45, 2.75) is 18.9 Å². The SMILES string of the molecule is COc1ccccc1CC(N)c1cc(Br)cc2c1OCC2. The van der Waals surface area contributed by atoms with E-state index in [-0.39, 0.29) is 6.04 Å². The first-order valence-electron chi connectivity index (χ1n) is 7.01. The molecule has 2 aromatic carbocycles. The molecule has 3 nitrogen and oxygen atoms in total. The van der Waals surface area contributed by atoms with Gasteiger partial charge in [-0.1, -0.05) is 34.1 Å². The summed E-state index contributed by atoms with van der Waals surface area (Å²) in [7, 11) is 1.68. The normalized spacial score (nSPS) is 14.4. The lowest BCUT2D eigenvalue weighted by atomic mass is 9.96. The number of hydrogen-bond donors (Lipinski definition) is 1. The van der Waals surface area contributed by atoms with E-state index in [2.05, 4.69) is 34.1 Å². The predicted molar refractivity (Wildman–Crippen MR) is 87.0 cm³/mol. The maximum Gasteiger partial charge on any atom is 0.127 e. The van der Waals surface area contributed by atoms with Gasteiger partial charge in [0.2, 0.25) is 0 Å². The maximum absolute atomic E-state index is 6.44. The molecule has 0 aliphatic carbocycles. The lowest BCUT2D eigenvalue weighted by Crippen LogP contribution is -2.15. The van der Waals surface area contributed by atoms with Crippen LogP contribution in [0.25, 0.3) is 0 Å². The number of ether oxygens (including phenoxy) is 2. The van der Waals surface area contributed by atoms with E-state index in [1.165, 1.54) is 5.56 Å². The van der Waals surface area contributed by atoms with Crippen LogP contribution in [-0.4, -0.2) is 13.7 Å². The topological polar surface area (TPSA) is 44.5 Å². The Kier molecular flexibility index (Phi) is 4.17. The van der Waals surface area contributed by atoms with E-state index >= 15 is 0 Å².